The van der Waals surface area contributed by atoms with Crippen LogP contribution < -0.4 is 25.2 Å². The van der Waals surface area contributed by atoms with Crippen LogP contribution in [0.2, 0.25) is 0 Å². The Kier molecular flexibility index (Phi) is 10.8. The summed E-state index contributed by atoms with van der Waals surface area (Å²) in [7, 11) is 1.52. The summed E-state index contributed by atoms with van der Waals surface area (Å²) >= 11 is 0. The molecule has 1 aromatic heterocycles. The molecule has 4 rings (SSSR count). The van der Waals surface area contributed by atoms with Gasteiger partial charge in [-0.05, 0) is 61.2 Å². The molecule has 1 heterocycles. The molecule has 0 aliphatic heterocycles. The number of fused-ring (bicyclic) bond motifs is 1. The van der Waals surface area contributed by atoms with Crippen molar-refractivity contribution < 1.29 is 28.2 Å². The Hall–Kier alpha value is -4.58. The second-order valence-electron chi connectivity index (χ2n) is 10.3. The smallest absolute Gasteiger partial charge is 0.354 e. The molecular weight excluding hydrogens is 536 g/mol. The van der Waals surface area contributed by atoms with Gasteiger partial charge in [-0.3, -0.25) is 4.79 Å². The molecule has 0 bridgehead atoms. The van der Waals surface area contributed by atoms with E-state index in [1.165, 1.54) is 31.4 Å². The second kappa shape index (κ2) is 14.9. The molecule has 1 aliphatic rings. The largest absolute Gasteiger partial charge is 0.493 e. The van der Waals surface area contributed by atoms with Gasteiger partial charge in [0.05, 0.1) is 13.7 Å². The molecule has 1 N–H and O–H groups in total. The summed E-state index contributed by atoms with van der Waals surface area (Å²) in [6, 6.07) is 13.0. The molecule has 2 aromatic carbocycles. The topological polar surface area (TPSA) is 128 Å². The third kappa shape index (κ3) is 8.00. The Morgan fingerprint density at radius 3 is 2.60 bits per heavy atom. The quantitative estimate of drug-likeness (QED) is 0.0665. The summed E-state index contributed by atoms with van der Waals surface area (Å²) < 4.78 is 22.0. The lowest BCUT2D eigenvalue weighted by molar-refractivity contribution is -0.129. The zero-order valence-electron chi connectivity index (χ0n) is 24.1. The zero-order valence-corrected chi connectivity index (χ0v) is 24.1. The van der Waals surface area contributed by atoms with E-state index in [2.05, 4.69) is 12.2 Å². The number of rotatable bonds is 12. The van der Waals surface area contributed by atoms with Gasteiger partial charge in [0.1, 0.15) is 28.5 Å². The summed E-state index contributed by atoms with van der Waals surface area (Å²) in [5, 5.41) is 13.1. The first-order chi connectivity index (χ1) is 20.4. The van der Waals surface area contributed by atoms with Gasteiger partial charge in [0, 0.05) is 17.5 Å². The first-order valence-electron chi connectivity index (χ1n) is 14.5. The number of nitrogens with one attached hydrogen (secondary N) is 1. The van der Waals surface area contributed by atoms with E-state index in [0.717, 1.165) is 57.8 Å². The molecule has 1 amide bonds. The molecule has 1 saturated carbocycles. The lowest BCUT2D eigenvalue weighted by Gasteiger charge is -2.22. The summed E-state index contributed by atoms with van der Waals surface area (Å²) in [5.74, 6) is -0.181. The highest BCUT2D eigenvalue weighted by Gasteiger charge is 2.20. The predicted octanol–water partition coefficient (Wildman–Crippen LogP) is 6.34. The summed E-state index contributed by atoms with van der Waals surface area (Å²) in [6.07, 6.45) is 10.8. The van der Waals surface area contributed by atoms with Gasteiger partial charge in [0.2, 0.25) is 0 Å². The number of methoxy groups -OCH3 is 1. The van der Waals surface area contributed by atoms with E-state index >= 15 is 0 Å². The molecule has 9 heteroatoms. The number of amides is 1. The Morgan fingerprint density at radius 1 is 1.05 bits per heavy atom. The molecule has 0 spiro atoms. The van der Waals surface area contributed by atoms with Crippen molar-refractivity contribution in [1.82, 2.24) is 5.32 Å². The molecule has 0 atom stereocenters. The molecule has 1 aliphatic carbocycles. The number of unbranched alkanes of at least 4 members (excludes halogenated alkanes) is 3. The maximum Gasteiger partial charge on any atom is 0.354 e. The number of nitriles is 1. The minimum atomic E-state index is -0.877. The molecule has 220 valence electrons. The van der Waals surface area contributed by atoms with Crippen LogP contribution in [0.25, 0.3) is 17.0 Å². The SMILES string of the molecule is CCCCCCOc1ccc(/C=C(\C#N)C(=O)Oc2ccc3cc(C(=O)NC4CCCCC4)c(=O)oc3c2)cc1OC. The first-order valence-corrected chi connectivity index (χ1v) is 14.5. The van der Waals surface area contributed by atoms with Gasteiger partial charge >= 0.3 is 11.6 Å². The molecule has 3 aromatic rings. The van der Waals surface area contributed by atoms with Crippen LogP contribution in [0.15, 0.2) is 57.2 Å². The van der Waals surface area contributed by atoms with Gasteiger partial charge in [-0.1, -0.05) is 51.5 Å². The fourth-order valence-electron chi connectivity index (χ4n) is 4.89. The van der Waals surface area contributed by atoms with Gasteiger partial charge < -0.3 is 23.9 Å². The average Bonchev–Trinajstić information content (AvgIpc) is 3.00. The van der Waals surface area contributed by atoms with Gasteiger partial charge in [0.25, 0.3) is 5.91 Å². The molecule has 0 unspecified atom stereocenters. The maximum absolute atomic E-state index is 12.8. The molecule has 42 heavy (non-hydrogen) atoms. The number of ether oxygens (including phenoxy) is 3. The third-order valence-corrected chi connectivity index (χ3v) is 7.20. The third-order valence-electron chi connectivity index (χ3n) is 7.20. The van der Waals surface area contributed by atoms with Crippen molar-refractivity contribution >= 4 is 28.9 Å². The van der Waals surface area contributed by atoms with Gasteiger partial charge in [-0.15, -0.1) is 0 Å². The molecular formula is C33H36N2O7. The fourth-order valence-corrected chi connectivity index (χ4v) is 4.89. The Morgan fingerprint density at radius 2 is 1.86 bits per heavy atom. The van der Waals surface area contributed by atoms with Crippen LogP contribution in [0.4, 0.5) is 0 Å². The number of hydrogen-bond acceptors (Lipinski definition) is 8. The molecule has 0 radical (unpaired) electrons. The minimum absolute atomic E-state index is 0.0539. The molecule has 1 fully saturated rings. The summed E-state index contributed by atoms with van der Waals surface area (Å²) in [5.41, 5.74) is -0.379. The van der Waals surface area contributed by atoms with Crippen molar-refractivity contribution in [2.45, 2.75) is 70.8 Å². The Labute approximate surface area is 245 Å². The van der Waals surface area contributed by atoms with Gasteiger partial charge in [-0.25, -0.2) is 9.59 Å². The van der Waals surface area contributed by atoms with E-state index in [9.17, 15) is 19.6 Å². The van der Waals surface area contributed by atoms with Crippen LogP contribution >= 0.6 is 0 Å². The Balaban J connectivity index is 1.44. The normalized spacial score (nSPS) is 13.8. The van der Waals surface area contributed by atoms with E-state index in [0.29, 0.717) is 29.1 Å². The lowest BCUT2D eigenvalue weighted by Crippen LogP contribution is -2.38. The minimum Gasteiger partial charge on any atom is -0.493 e. The first kappa shape index (κ1) is 30.4. The van der Waals surface area contributed by atoms with Crippen LogP contribution in [0, 0.1) is 11.3 Å². The van der Waals surface area contributed by atoms with E-state index in [1.54, 1.807) is 24.3 Å². The maximum atomic E-state index is 12.8. The van der Waals surface area contributed by atoms with Crippen molar-refractivity contribution in [2.24, 2.45) is 0 Å². The lowest BCUT2D eigenvalue weighted by atomic mass is 9.95. The van der Waals surface area contributed by atoms with Gasteiger partial charge in [0.15, 0.2) is 11.5 Å². The highest BCUT2D eigenvalue weighted by molar-refractivity contribution is 6.00. The van der Waals surface area contributed by atoms with Crippen molar-refractivity contribution in [3.8, 4) is 23.3 Å². The fraction of sp³-hybridized carbons (Fsp3) is 0.394. The van der Waals surface area contributed by atoms with Crippen molar-refractivity contribution in [3.63, 3.8) is 0 Å². The highest BCUT2D eigenvalue weighted by atomic mass is 16.5. The number of nitrogens with zero attached hydrogens (tertiary/aromatic N) is 1. The second-order valence-corrected chi connectivity index (χ2v) is 10.3. The van der Waals surface area contributed by atoms with Gasteiger partial charge in [-0.2, -0.15) is 5.26 Å². The van der Waals surface area contributed by atoms with E-state index in [-0.39, 0.29) is 28.5 Å². The van der Waals surface area contributed by atoms with Crippen molar-refractivity contribution in [3.05, 3.63) is 69.6 Å². The van der Waals surface area contributed by atoms with Crippen LogP contribution in [0.3, 0.4) is 0 Å². The van der Waals surface area contributed by atoms with Crippen molar-refractivity contribution in [1.29, 1.82) is 5.26 Å². The average molecular weight is 573 g/mol. The summed E-state index contributed by atoms with van der Waals surface area (Å²) in [6.45, 7) is 2.72. The zero-order chi connectivity index (χ0) is 29.9. The summed E-state index contributed by atoms with van der Waals surface area (Å²) in [4.78, 5) is 38.1. The van der Waals surface area contributed by atoms with E-state index in [1.807, 2.05) is 6.07 Å². The number of carbonyl (C=O) groups excluding carboxylic acids is 2. The predicted molar refractivity (Wildman–Crippen MR) is 159 cm³/mol. The van der Waals surface area contributed by atoms with Crippen molar-refractivity contribution in [2.75, 3.05) is 13.7 Å². The van der Waals surface area contributed by atoms with Crippen LogP contribution in [0.5, 0.6) is 17.2 Å². The highest BCUT2D eigenvalue weighted by Crippen LogP contribution is 2.29. The number of carbonyl (C=O) groups is 2. The van der Waals surface area contributed by atoms with E-state index < -0.39 is 17.5 Å². The molecule has 0 saturated heterocycles. The number of hydrogen-bond donors (Lipinski definition) is 1. The standard InChI is InChI=1S/C33H36N2O7/c1-3-4-5-9-16-40-28-15-12-22(18-30(28)39-2)17-24(21-34)32(37)41-26-14-13-23-19-27(33(38)42-29(23)20-26)31(36)35-25-10-7-6-8-11-25/h12-15,17-20,25H,3-11,16H2,1-2H3,(H,35,36)/b24-17+. The van der Waals surface area contributed by atoms with E-state index in [4.69, 9.17) is 18.6 Å². The monoisotopic (exact) mass is 572 g/mol. The number of esters is 1. The van der Waals surface area contributed by atoms with Crippen LogP contribution in [0.1, 0.15) is 80.6 Å². The van der Waals surface area contributed by atoms with Crippen LogP contribution in [-0.4, -0.2) is 31.6 Å². The number of benzene rings is 2. The van der Waals surface area contributed by atoms with Crippen LogP contribution in [-0.2, 0) is 4.79 Å². The Bertz CT molecular complexity index is 1540. The molecule has 9 nitrogen and oxygen atoms in total.